The zero-order valence-electron chi connectivity index (χ0n) is 12.6. The molecule has 3 nitrogen and oxygen atoms in total. The van der Waals surface area contributed by atoms with E-state index >= 15 is 0 Å². The number of hydrogen-bond acceptors (Lipinski definition) is 3. The van der Waals surface area contributed by atoms with Crippen LogP contribution in [0.1, 0.15) is 43.9 Å². The highest BCUT2D eigenvalue weighted by Gasteiger charge is 2.13. The van der Waals surface area contributed by atoms with Crippen LogP contribution in [0.25, 0.3) is 0 Å². The lowest BCUT2D eigenvalue weighted by atomic mass is 10.0. The molecule has 1 rings (SSSR count). The van der Waals surface area contributed by atoms with Crippen molar-refractivity contribution in [2.75, 3.05) is 20.2 Å². The van der Waals surface area contributed by atoms with Crippen molar-refractivity contribution in [2.45, 2.75) is 39.7 Å². The van der Waals surface area contributed by atoms with E-state index in [-0.39, 0.29) is 0 Å². The lowest BCUT2D eigenvalue weighted by Gasteiger charge is -2.18. The minimum atomic E-state index is -0.524. The van der Waals surface area contributed by atoms with Crippen molar-refractivity contribution < 1.29 is 9.84 Å². The van der Waals surface area contributed by atoms with Crippen LogP contribution in [0.3, 0.4) is 0 Å². The number of benzene rings is 1. The Morgan fingerprint density at radius 2 is 1.89 bits per heavy atom. The second-order valence-electron chi connectivity index (χ2n) is 5.10. The summed E-state index contributed by atoms with van der Waals surface area (Å²) in [6.07, 6.45) is 1.82. The van der Waals surface area contributed by atoms with Gasteiger partial charge >= 0.3 is 0 Å². The highest BCUT2D eigenvalue weighted by atomic mass is 16.5. The van der Waals surface area contributed by atoms with Crippen molar-refractivity contribution in [3.8, 4) is 5.75 Å². The second kappa shape index (κ2) is 8.18. The van der Waals surface area contributed by atoms with Gasteiger partial charge in [-0.3, -0.25) is 0 Å². The molecular formula is C16H27NO2. The van der Waals surface area contributed by atoms with Crippen molar-refractivity contribution in [1.29, 1.82) is 0 Å². The van der Waals surface area contributed by atoms with E-state index in [9.17, 15) is 5.11 Å². The number of aliphatic hydroxyl groups excluding tert-OH is 1. The minimum Gasteiger partial charge on any atom is -0.496 e. The molecule has 2 N–H and O–H groups in total. The van der Waals surface area contributed by atoms with Crippen molar-refractivity contribution >= 4 is 0 Å². The van der Waals surface area contributed by atoms with E-state index in [1.54, 1.807) is 7.11 Å². The summed E-state index contributed by atoms with van der Waals surface area (Å²) < 4.78 is 5.30. The Balaban J connectivity index is 2.57. The third-order valence-corrected chi connectivity index (χ3v) is 3.67. The Labute approximate surface area is 117 Å². The van der Waals surface area contributed by atoms with Crippen LogP contribution in [0.5, 0.6) is 5.75 Å². The van der Waals surface area contributed by atoms with Crippen molar-refractivity contribution in [3.05, 3.63) is 29.3 Å². The fourth-order valence-corrected chi connectivity index (χ4v) is 2.23. The van der Waals surface area contributed by atoms with Gasteiger partial charge in [0.15, 0.2) is 0 Å². The van der Waals surface area contributed by atoms with Crippen LogP contribution in [0, 0.1) is 12.8 Å². The van der Waals surface area contributed by atoms with Gasteiger partial charge in [-0.2, -0.15) is 0 Å². The maximum atomic E-state index is 10.3. The molecule has 0 saturated carbocycles. The maximum absolute atomic E-state index is 10.3. The van der Waals surface area contributed by atoms with Crippen LogP contribution in [-0.4, -0.2) is 25.3 Å². The molecule has 1 unspecified atom stereocenters. The summed E-state index contributed by atoms with van der Waals surface area (Å²) in [5.41, 5.74) is 1.99. The smallest absolute Gasteiger partial charge is 0.124 e. The Bertz CT molecular complexity index is 375. The molecule has 0 saturated heterocycles. The Kier molecular flexibility index (Phi) is 6.89. The van der Waals surface area contributed by atoms with Gasteiger partial charge in [0.2, 0.25) is 0 Å². The highest BCUT2D eigenvalue weighted by Crippen LogP contribution is 2.25. The van der Waals surface area contributed by atoms with Crippen LogP contribution in [-0.2, 0) is 0 Å². The SMILES string of the molecule is CCC(CC)CNCC(O)c1cc(C)ccc1OC. The molecule has 108 valence electrons. The molecule has 19 heavy (non-hydrogen) atoms. The van der Waals surface area contributed by atoms with Gasteiger partial charge in [0.1, 0.15) is 5.75 Å². The van der Waals surface area contributed by atoms with Gasteiger partial charge in [0.25, 0.3) is 0 Å². The second-order valence-corrected chi connectivity index (χ2v) is 5.10. The first kappa shape index (κ1) is 16.0. The van der Waals surface area contributed by atoms with E-state index < -0.39 is 6.10 Å². The lowest BCUT2D eigenvalue weighted by molar-refractivity contribution is 0.168. The zero-order chi connectivity index (χ0) is 14.3. The molecule has 1 atom stereocenters. The van der Waals surface area contributed by atoms with E-state index in [2.05, 4.69) is 19.2 Å². The number of methoxy groups -OCH3 is 1. The predicted octanol–water partition coefficient (Wildman–Crippen LogP) is 3.06. The van der Waals surface area contributed by atoms with Gasteiger partial charge in [-0.15, -0.1) is 0 Å². The first-order valence-electron chi connectivity index (χ1n) is 7.15. The monoisotopic (exact) mass is 265 g/mol. The average molecular weight is 265 g/mol. The third kappa shape index (κ3) is 4.84. The molecule has 0 bridgehead atoms. The molecule has 1 aromatic carbocycles. The molecule has 0 aliphatic rings. The number of nitrogens with one attached hydrogen (secondary N) is 1. The van der Waals surface area contributed by atoms with E-state index in [4.69, 9.17) is 4.74 Å². The van der Waals surface area contributed by atoms with Crippen molar-refractivity contribution in [1.82, 2.24) is 5.32 Å². The van der Waals surface area contributed by atoms with Crippen LogP contribution >= 0.6 is 0 Å². The molecule has 0 amide bonds. The summed E-state index contributed by atoms with van der Waals surface area (Å²) in [7, 11) is 1.64. The van der Waals surface area contributed by atoms with Gasteiger partial charge in [-0.1, -0.05) is 38.3 Å². The molecule has 3 heteroatoms. The predicted molar refractivity (Wildman–Crippen MR) is 79.6 cm³/mol. The number of hydrogen-bond donors (Lipinski definition) is 2. The first-order chi connectivity index (χ1) is 9.12. The quantitative estimate of drug-likeness (QED) is 0.759. The molecule has 1 aromatic rings. The topological polar surface area (TPSA) is 41.5 Å². The van der Waals surface area contributed by atoms with Gasteiger partial charge in [0, 0.05) is 12.1 Å². The molecule has 0 aromatic heterocycles. The molecule has 0 fully saturated rings. The van der Waals surface area contributed by atoms with E-state index in [0.717, 1.165) is 23.4 Å². The Morgan fingerprint density at radius 3 is 2.47 bits per heavy atom. The maximum Gasteiger partial charge on any atom is 0.124 e. The van der Waals surface area contributed by atoms with Crippen molar-refractivity contribution in [2.24, 2.45) is 5.92 Å². The summed E-state index contributed by atoms with van der Waals surface area (Å²) in [6.45, 7) is 7.95. The standard InChI is InChI=1S/C16H27NO2/c1-5-13(6-2)10-17-11-15(18)14-9-12(3)7-8-16(14)19-4/h7-9,13,15,17-18H,5-6,10-11H2,1-4H3. The van der Waals surface area contributed by atoms with Crippen LogP contribution < -0.4 is 10.1 Å². The molecule has 0 aliphatic carbocycles. The van der Waals surface area contributed by atoms with Gasteiger partial charge in [0.05, 0.1) is 13.2 Å². The number of aliphatic hydroxyl groups is 1. The lowest BCUT2D eigenvalue weighted by Crippen LogP contribution is -2.27. The fourth-order valence-electron chi connectivity index (χ4n) is 2.23. The third-order valence-electron chi connectivity index (χ3n) is 3.67. The Hall–Kier alpha value is -1.06. The summed E-state index contributed by atoms with van der Waals surface area (Å²) in [5, 5.41) is 13.6. The van der Waals surface area contributed by atoms with Crippen LogP contribution in [0.15, 0.2) is 18.2 Å². The number of aryl methyl sites for hydroxylation is 1. The average Bonchev–Trinajstić information content (AvgIpc) is 2.43. The number of rotatable bonds is 8. The highest BCUT2D eigenvalue weighted by molar-refractivity contribution is 5.38. The molecule has 0 aliphatic heterocycles. The summed E-state index contributed by atoms with van der Waals surface area (Å²) in [5.74, 6) is 1.44. The molecule has 0 heterocycles. The molecule has 0 radical (unpaired) electrons. The van der Waals surface area contributed by atoms with Crippen LogP contribution in [0.2, 0.25) is 0 Å². The summed E-state index contributed by atoms with van der Waals surface area (Å²) in [4.78, 5) is 0. The van der Waals surface area contributed by atoms with E-state index in [0.29, 0.717) is 12.5 Å². The van der Waals surface area contributed by atoms with E-state index in [1.165, 1.54) is 12.8 Å². The zero-order valence-corrected chi connectivity index (χ0v) is 12.6. The summed E-state index contributed by atoms with van der Waals surface area (Å²) in [6, 6.07) is 5.89. The number of ether oxygens (including phenoxy) is 1. The summed E-state index contributed by atoms with van der Waals surface area (Å²) >= 11 is 0. The largest absolute Gasteiger partial charge is 0.496 e. The Morgan fingerprint density at radius 1 is 1.21 bits per heavy atom. The van der Waals surface area contributed by atoms with Gasteiger partial charge in [-0.05, 0) is 31.5 Å². The minimum absolute atomic E-state index is 0.524. The van der Waals surface area contributed by atoms with Crippen molar-refractivity contribution in [3.63, 3.8) is 0 Å². The normalized spacial score (nSPS) is 12.7. The first-order valence-corrected chi connectivity index (χ1v) is 7.15. The fraction of sp³-hybridized carbons (Fsp3) is 0.625. The van der Waals surface area contributed by atoms with Gasteiger partial charge < -0.3 is 15.2 Å². The molecular weight excluding hydrogens is 238 g/mol. The van der Waals surface area contributed by atoms with Gasteiger partial charge in [-0.25, -0.2) is 0 Å². The molecule has 0 spiro atoms. The van der Waals surface area contributed by atoms with Crippen LogP contribution in [0.4, 0.5) is 0 Å². The van der Waals surface area contributed by atoms with E-state index in [1.807, 2.05) is 25.1 Å².